The van der Waals surface area contributed by atoms with Crippen LogP contribution in [0.4, 0.5) is 9.52 Å². The molecule has 146 valence electrons. The van der Waals surface area contributed by atoms with E-state index in [0.717, 1.165) is 12.8 Å². The van der Waals surface area contributed by atoms with Crippen molar-refractivity contribution in [2.75, 3.05) is 18.4 Å². The molecule has 1 N–H and O–H groups in total. The number of nitrogens with one attached hydrogen (secondary N) is 1. The van der Waals surface area contributed by atoms with Crippen LogP contribution < -0.4 is 5.32 Å². The molecule has 0 saturated carbocycles. The third kappa shape index (κ3) is 3.52. The van der Waals surface area contributed by atoms with Gasteiger partial charge in [0.2, 0.25) is 10.0 Å². The first-order valence-electron chi connectivity index (χ1n) is 8.83. The van der Waals surface area contributed by atoms with E-state index in [-0.39, 0.29) is 10.5 Å². The van der Waals surface area contributed by atoms with Crippen LogP contribution in [0.25, 0.3) is 10.2 Å². The minimum Gasteiger partial charge on any atom is -0.298 e. The number of aryl methyl sites for hydroxylation is 1. The summed E-state index contributed by atoms with van der Waals surface area (Å²) in [6.45, 7) is 2.80. The highest BCUT2D eigenvalue weighted by atomic mass is 32.2. The fraction of sp³-hybridized carbons (Fsp3) is 0.263. The van der Waals surface area contributed by atoms with Gasteiger partial charge >= 0.3 is 0 Å². The molecule has 1 saturated heterocycles. The number of rotatable bonds is 4. The monoisotopic (exact) mass is 419 g/mol. The van der Waals surface area contributed by atoms with E-state index in [1.54, 1.807) is 19.1 Å². The van der Waals surface area contributed by atoms with E-state index in [2.05, 4.69) is 10.3 Å². The number of hydrogen-bond donors (Lipinski definition) is 1. The van der Waals surface area contributed by atoms with Gasteiger partial charge in [-0.1, -0.05) is 17.4 Å². The van der Waals surface area contributed by atoms with Crippen LogP contribution >= 0.6 is 11.3 Å². The Labute approximate surface area is 166 Å². The van der Waals surface area contributed by atoms with Crippen molar-refractivity contribution in [1.29, 1.82) is 0 Å². The molecule has 1 aromatic heterocycles. The molecule has 2 aromatic carbocycles. The maximum absolute atomic E-state index is 13.4. The van der Waals surface area contributed by atoms with Crippen LogP contribution in [-0.2, 0) is 10.0 Å². The van der Waals surface area contributed by atoms with E-state index in [4.69, 9.17) is 0 Å². The summed E-state index contributed by atoms with van der Waals surface area (Å²) in [6, 6.07) is 8.78. The van der Waals surface area contributed by atoms with Gasteiger partial charge in [0.25, 0.3) is 5.91 Å². The molecule has 0 unspecified atom stereocenters. The van der Waals surface area contributed by atoms with Gasteiger partial charge in [0.05, 0.1) is 15.1 Å². The van der Waals surface area contributed by atoms with Gasteiger partial charge in [0.15, 0.2) is 5.13 Å². The molecular weight excluding hydrogens is 401 g/mol. The van der Waals surface area contributed by atoms with Crippen LogP contribution in [-0.4, -0.2) is 36.7 Å². The molecule has 1 fully saturated rings. The number of aromatic nitrogens is 1. The molecule has 3 aromatic rings. The van der Waals surface area contributed by atoms with E-state index in [1.165, 1.54) is 39.9 Å². The van der Waals surface area contributed by atoms with Crippen molar-refractivity contribution in [3.63, 3.8) is 0 Å². The minimum atomic E-state index is -3.51. The first kappa shape index (κ1) is 19.0. The van der Waals surface area contributed by atoms with Crippen molar-refractivity contribution in [3.05, 3.63) is 53.3 Å². The molecule has 1 amide bonds. The lowest BCUT2D eigenvalue weighted by atomic mass is 10.1. The molecule has 4 rings (SSSR count). The van der Waals surface area contributed by atoms with Gasteiger partial charge in [-0.2, -0.15) is 4.31 Å². The van der Waals surface area contributed by atoms with Crippen molar-refractivity contribution >= 4 is 42.6 Å². The van der Waals surface area contributed by atoms with E-state index in [0.29, 0.717) is 34.0 Å². The van der Waals surface area contributed by atoms with Crippen LogP contribution in [0.5, 0.6) is 0 Å². The van der Waals surface area contributed by atoms with Crippen LogP contribution in [0.3, 0.4) is 0 Å². The molecule has 1 aliphatic heterocycles. The number of nitrogens with zero attached hydrogens (tertiary/aromatic N) is 2. The number of halogens is 1. The predicted molar refractivity (Wildman–Crippen MR) is 107 cm³/mol. The van der Waals surface area contributed by atoms with Crippen molar-refractivity contribution in [3.8, 4) is 0 Å². The summed E-state index contributed by atoms with van der Waals surface area (Å²) in [5.41, 5.74) is 1.48. The lowest BCUT2D eigenvalue weighted by molar-refractivity contribution is 0.102. The van der Waals surface area contributed by atoms with Gasteiger partial charge in [-0.25, -0.2) is 17.8 Å². The summed E-state index contributed by atoms with van der Waals surface area (Å²) in [4.78, 5) is 17.0. The molecule has 0 bridgehead atoms. The van der Waals surface area contributed by atoms with Gasteiger partial charge in [-0.15, -0.1) is 0 Å². The minimum absolute atomic E-state index is 0.226. The lowest BCUT2D eigenvalue weighted by Gasteiger charge is -2.15. The van der Waals surface area contributed by atoms with Crippen LogP contribution in [0.1, 0.15) is 28.8 Å². The summed E-state index contributed by atoms with van der Waals surface area (Å²) < 4.78 is 41.0. The molecule has 28 heavy (non-hydrogen) atoms. The molecule has 0 spiro atoms. The maximum Gasteiger partial charge on any atom is 0.257 e. The number of carbonyl (C=O) groups is 1. The number of benzene rings is 2. The Hall–Kier alpha value is -2.36. The SMILES string of the molecule is Cc1ccc(F)cc1C(=O)Nc1nc2ccc(S(=O)(=O)N3CCCC3)cc2s1. The third-order valence-electron chi connectivity index (χ3n) is 4.73. The van der Waals surface area contributed by atoms with Crippen molar-refractivity contribution in [2.24, 2.45) is 0 Å². The second-order valence-corrected chi connectivity index (χ2v) is 9.64. The zero-order valence-corrected chi connectivity index (χ0v) is 16.7. The van der Waals surface area contributed by atoms with Crippen molar-refractivity contribution in [1.82, 2.24) is 9.29 Å². The Kier molecular flexibility index (Phi) is 4.90. The maximum atomic E-state index is 13.4. The third-order valence-corrected chi connectivity index (χ3v) is 7.56. The molecule has 2 heterocycles. The zero-order valence-electron chi connectivity index (χ0n) is 15.1. The molecular formula is C19H18FN3O3S2. The summed E-state index contributed by atoms with van der Waals surface area (Å²) in [5, 5.41) is 3.00. The number of carbonyl (C=O) groups excluding carboxylic acids is 1. The van der Waals surface area contributed by atoms with Crippen molar-refractivity contribution < 1.29 is 17.6 Å². The van der Waals surface area contributed by atoms with Gasteiger partial charge in [-0.3, -0.25) is 10.1 Å². The predicted octanol–water partition coefficient (Wildman–Crippen LogP) is 3.78. The number of sulfonamides is 1. The van der Waals surface area contributed by atoms with Crippen LogP contribution in [0.2, 0.25) is 0 Å². The van der Waals surface area contributed by atoms with Gasteiger partial charge in [-0.05, 0) is 55.7 Å². The fourth-order valence-electron chi connectivity index (χ4n) is 3.20. The summed E-state index contributed by atoms with van der Waals surface area (Å²) >= 11 is 1.18. The number of thiazole rings is 1. The molecule has 6 nitrogen and oxygen atoms in total. The standard InChI is InChI=1S/C19H18FN3O3S2/c1-12-4-5-13(20)10-15(12)18(24)22-19-21-16-7-6-14(11-17(16)27-19)28(25,26)23-8-2-3-9-23/h4-7,10-11H,2-3,8-9H2,1H3,(H,21,22,24). The number of fused-ring (bicyclic) bond motifs is 1. The molecule has 9 heteroatoms. The number of anilines is 1. The number of amides is 1. The summed E-state index contributed by atoms with van der Waals surface area (Å²) in [5.74, 6) is -0.947. The first-order chi connectivity index (χ1) is 13.3. The highest BCUT2D eigenvalue weighted by Gasteiger charge is 2.27. The number of hydrogen-bond acceptors (Lipinski definition) is 5. The zero-order chi connectivity index (χ0) is 19.9. The normalized spacial score (nSPS) is 15.2. The molecule has 1 aliphatic rings. The van der Waals surface area contributed by atoms with E-state index in [9.17, 15) is 17.6 Å². The second-order valence-electron chi connectivity index (χ2n) is 6.67. The van der Waals surface area contributed by atoms with Gasteiger partial charge in [0.1, 0.15) is 5.82 Å². The summed E-state index contributed by atoms with van der Waals surface area (Å²) in [7, 11) is -3.51. The smallest absolute Gasteiger partial charge is 0.257 e. The highest BCUT2D eigenvalue weighted by molar-refractivity contribution is 7.89. The van der Waals surface area contributed by atoms with Gasteiger partial charge < -0.3 is 0 Å². The quantitative estimate of drug-likeness (QED) is 0.698. The van der Waals surface area contributed by atoms with E-state index in [1.807, 2.05) is 0 Å². The average Bonchev–Trinajstić information content (AvgIpc) is 3.32. The highest BCUT2D eigenvalue weighted by Crippen LogP contribution is 2.30. The fourth-order valence-corrected chi connectivity index (χ4v) is 5.72. The van der Waals surface area contributed by atoms with Crippen LogP contribution in [0.15, 0.2) is 41.3 Å². The Morgan fingerprint density at radius 2 is 1.93 bits per heavy atom. The topological polar surface area (TPSA) is 79.4 Å². The molecule has 0 radical (unpaired) electrons. The Balaban J connectivity index is 1.61. The van der Waals surface area contributed by atoms with E-state index < -0.39 is 21.7 Å². The first-order valence-corrected chi connectivity index (χ1v) is 11.1. The van der Waals surface area contributed by atoms with Crippen LogP contribution in [0, 0.1) is 12.7 Å². The Bertz CT molecular complexity index is 1170. The van der Waals surface area contributed by atoms with Crippen molar-refractivity contribution in [2.45, 2.75) is 24.7 Å². The van der Waals surface area contributed by atoms with E-state index >= 15 is 0 Å². The van der Waals surface area contributed by atoms with Gasteiger partial charge in [0, 0.05) is 18.7 Å². The molecule has 0 atom stereocenters. The average molecular weight is 420 g/mol. The second kappa shape index (κ2) is 7.23. The Morgan fingerprint density at radius 3 is 2.68 bits per heavy atom. The lowest BCUT2D eigenvalue weighted by Crippen LogP contribution is -2.27. The summed E-state index contributed by atoms with van der Waals surface area (Å²) in [6.07, 6.45) is 1.75. The Morgan fingerprint density at radius 1 is 1.18 bits per heavy atom. The largest absolute Gasteiger partial charge is 0.298 e. The molecule has 0 aliphatic carbocycles.